The van der Waals surface area contributed by atoms with Crippen LogP contribution >= 0.6 is 0 Å². The van der Waals surface area contributed by atoms with Gasteiger partial charge in [0.25, 0.3) is 0 Å². The van der Waals surface area contributed by atoms with Gasteiger partial charge in [-0.15, -0.1) is 0 Å². The lowest BCUT2D eigenvalue weighted by Crippen LogP contribution is -2.44. The van der Waals surface area contributed by atoms with Gasteiger partial charge in [0.1, 0.15) is 5.82 Å². The third-order valence-corrected chi connectivity index (χ3v) is 6.53. The molecule has 0 amide bonds. The number of benzene rings is 2. The zero-order chi connectivity index (χ0) is 25.1. The van der Waals surface area contributed by atoms with Crippen LogP contribution in [0.25, 0.3) is 11.3 Å². The number of ether oxygens (including phenoxy) is 1. The smallest absolute Gasteiger partial charge is 0.374 e. The van der Waals surface area contributed by atoms with Crippen LogP contribution in [0.5, 0.6) is 0 Å². The number of pyridine rings is 1. The molecule has 3 aromatic rings. The fourth-order valence-electron chi connectivity index (χ4n) is 4.47. The van der Waals surface area contributed by atoms with Crippen molar-refractivity contribution in [2.24, 2.45) is 0 Å². The maximum atomic E-state index is 14.7. The second-order valence-corrected chi connectivity index (χ2v) is 8.98. The first-order valence-corrected chi connectivity index (χ1v) is 11.3. The van der Waals surface area contributed by atoms with Crippen molar-refractivity contribution in [1.29, 1.82) is 5.26 Å². The van der Waals surface area contributed by atoms with Crippen LogP contribution in [0.1, 0.15) is 35.2 Å². The summed E-state index contributed by atoms with van der Waals surface area (Å²) >= 11 is 0. The lowest BCUT2D eigenvalue weighted by molar-refractivity contribution is -0.137. The van der Waals surface area contributed by atoms with Crippen molar-refractivity contribution in [2.45, 2.75) is 31.0 Å². The minimum Gasteiger partial charge on any atom is -0.374 e. The molecule has 182 valence electrons. The number of likely N-dealkylation sites (tertiary alicyclic amines) is 1. The van der Waals surface area contributed by atoms with Gasteiger partial charge in [0.05, 0.1) is 41.8 Å². The number of halogens is 4. The van der Waals surface area contributed by atoms with Gasteiger partial charge in [-0.1, -0.05) is 30.3 Å². The van der Waals surface area contributed by atoms with Crippen molar-refractivity contribution >= 4 is 0 Å². The molecular formula is C27H25F4N3O. The largest absolute Gasteiger partial charge is 0.416 e. The second kappa shape index (κ2) is 10.1. The number of aromatic nitrogens is 1. The van der Waals surface area contributed by atoms with E-state index in [9.17, 15) is 17.6 Å². The Kier molecular flexibility index (Phi) is 7.20. The highest BCUT2D eigenvalue weighted by Gasteiger charge is 2.38. The number of nitrogens with zero attached hydrogens (tertiary/aromatic N) is 3. The number of alkyl halides is 3. The Hall–Kier alpha value is -3.28. The summed E-state index contributed by atoms with van der Waals surface area (Å²) in [6.45, 7) is 1.57. The van der Waals surface area contributed by atoms with Gasteiger partial charge >= 0.3 is 6.18 Å². The monoisotopic (exact) mass is 483 g/mol. The molecule has 35 heavy (non-hydrogen) atoms. The van der Waals surface area contributed by atoms with Crippen LogP contribution < -0.4 is 0 Å². The third-order valence-electron chi connectivity index (χ3n) is 6.53. The van der Waals surface area contributed by atoms with Crippen molar-refractivity contribution in [2.75, 3.05) is 26.7 Å². The molecule has 2 aromatic carbocycles. The molecule has 0 N–H and O–H groups in total. The molecule has 4 rings (SSSR count). The molecule has 1 aliphatic rings. The summed E-state index contributed by atoms with van der Waals surface area (Å²) in [6, 6.07) is 16.8. The lowest BCUT2D eigenvalue weighted by atomic mass is 9.73. The molecule has 8 heteroatoms. The Morgan fingerprint density at radius 3 is 2.37 bits per heavy atom. The molecule has 0 bridgehead atoms. The van der Waals surface area contributed by atoms with E-state index >= 15 is 0 Å². The molecule has 0 radical (unpaired) electrons. The van der Waals surface area contributed by atoms with Gasteiger partial charge < -0.3 is 9.64 Å². The summed E-state index contributed by atoms with van der Waals surface area (Å²) in [7, 11) is 2.00. The molecule has 4 nitrogen and oxygen atoms in total. The molecule has 1 aromatic heterocycles. The van der Waals surface area contributed by atoms with Crippen molar-refractivity contribution in [3.63, 3.8) is 0 Å². The zero-order valence-corrected chi connectivity index (χ0v) is 19.3. The van der Waals surface area contributed by atoms with E-state index in [2.05, 4.69) is 9.88 Å². The Labute approximate surface area is 201 Å². The van der Waals surface area contributed by atoms with Crippen molar-refractivity contribution in [3.05, 3.63) is 88.9 Å². The molecule has 0 unspecified atom stereocenters. The normalized spacial score (nSPS) is 16.1. The van der Waals surface area contributed by atoms with E-state index < -0.39 is 17.2 Å². The highest BCUT2D eigenvalue weighted by molar-refractivity contribution is 5.61. The molecule has 2 heterocycles. The quantitative estimate of drug-likeness (QED) is 0.406. The van der Waals surface area contributed by atoms with Crippen LogP contribution in [0.15, 0.2) is 60.7 Å². The minimum atomic E-state index is -4.55. The molecule has 1 saturated heterocycles. The predicted octanol–water partition coefficient (Wildman–Crippen LogP) is 5.96. The second-order valence-electron chi connectivity index (χ2n) is 8.98. The van der Waals surface area contributed by atoms with E-state index in [1.165, 1.54) is 18.2 Å². The van der Waals surface area contributed by atoms with Crippen molar-refractivity contribution in [1.82, 2.24) is 9.88 Å². The molecule has 1 aliphatic heterocycles. The minimum absolute atomic E-state index is 0.135. The SMILES string of the molecule is CN1CCC(COCc2cc(C(F)(F)F)cc(-c3ccc(C#N)cc3)n2)(c2ccccc2F)CC1. The first-order chi connectivity index (χ1) is 16.7. The molecule has 0 aliphatic carbocycles. The average Bonchev–Trinajstić information content (AvgIpc) is 2.85. The van der Waals surface area contributed by atoms with Gasteiger partial charge in [0.2, 0.25) is 0 Å². The molecule has 0 spiro atoms. The van der Waals surface area contributed by atoms with Crippen molar-refractivity contribution < 1.29 is 22.3 Å². The highest BCUT2D eigenvalue weighted by atomic mass is 19.4. The standard InChI is InChI=1S/C27H25F4N3O/c1-34-12-10-26(11-13-34,23-4-2-3-5-24(23)28)18-35-17-22-14-21(27(29,30)31)15-25(33-22)20-8-6-19(16-32)7-9-20/h2-9,14-15H,10-13,17-18H2,1H3. The van der Waals surface area contributed by atoms with E-state index in [-0.39, 0.29) is 30.4 Å². The summed E-state index contributed by atoms with van der Waals surface area (Å²) in [5, 5.41) is 8.98. The van der Waals surface area contributed by atoms with Gasteiger partial charge in [0.15, 0.2) is 0 Å². The van der Waals surface area contributed by atoms with E-state index in [0.717, 1.165) is 25.2 Å². The summed E-state index contributed by atoms with van der Waals surface area (Å²) in [6.07, 6.45) is -3.20. The lowest BCUT2D eigenvalue weighted by Gasteiger charge is -2.41. The maximum Gasteiger partial charge on any atom is 0.416 e. The summed E-state index contributed by atoms with van der Waals surface area (Å²) in [4.78, 5) is 6.55. The predicted molar refractivity (Wildman–Crippen MR) is 124 cm³/mol. The van der Waals surface area contributed by atoms with Gasteiger partial charge in [-0.2, -0.15) is 18.4 Å². The Morgan fingerprint density at radius 1 is 1.06 bits per heavy atom. The van der Waals surface area contributed by atoms with Crippen LogP contribution in [0, 0.1) is 17.1 Å². The van der Waals surface area contributed by atoms with Crippen LogP contribution in [0.4, 0.5) is 17.6 Å². The average molecular weight is 484 g/mol. The Bertz CT molecular complexity index is 1210. The van der Waals surface area contributed by atoms with Crippen LogP contribution in [0.2, 0.25) is 0 Å². The van der Waals surface area contributed by atoms with E-state index in [0.29, 0.717) is 29.5 Å². The van der Waals surface area contributed by atoms with Crippen LogP contribution in [0.3, 0.4) is 0 Å². The number of rotatable bonds is 6. The van der Waals surface area contributed by atoms with Gasteiger partial charge in [0, 0.05) is 11.0 Å². The maximum absolute atomic E-state index is 14.7. The number of hydrogen-bond acceptors (Lipinski definition) is 4. The summed E-state index contributed by atoms with van der Waals surface area (Å²) in [5.41, 5.74) is 0.337. The Morgan fingerprint density at radius 2 is 1.74 bits per heavy atom. The topological polar surface area (TPSA) is 49.1 Å². The number of piperidine rings is 1. The van der Waals surface area contributed by atoms with E-state index in [1.807, 2.05) is 13.1 Å². The molecule has 0 saturated carbocycles. The summed E-state index contributed by atoms with van der Waals surface area (Å²) in [5.74, 6) is -0.305. The molecule has 1 fully saturated rings. The van der Waals surface area contributed by atoms with Crippen LogP contribution in [-0.2, 0) is 22.9 Å². The highest BCUT2D eigenvalue weighted by Crippen LogP contribution is 2.38. The zero-order valence-electron chi connectivity index (χ0n) is 19.3. The van der Waals surface area contributed by atoms with Crippen molar-refractivity contribution in [3.8, 4) is 17.3 Å². The number of nitriles is 1. The van der Waals surface area contributed by atoms with Gasteiger partial charge in [-0.05, 0) is 68.9 Å². The molecule has 0 atom stereocenters. The molecular weight excluding hydrogens is 458 g/mol. The van der Waals surface area contributed by atoms with E-state index in [4.69, 9.17) is 10.00 Å². The van der Waals surface area contributed by atoms with Gasteiger partial charge in [-0.3, -0.25) is 4.98 Å². The fourth-order valence-corrected chi connectivity index (χ4v) is 4.47. The number of hydrogen-bond donors (Lipinski definition) is 0. The first kappa shape index (κ1) is 24.8. The summed E-state index contributed by atoms with van der Waals surface area (Å²) < 4.78 is 61.5. The van der Waals surface area contributed by atoms with Gasteiger partial charge in [-0.25, -0.2) is 4.39 Å². The third kappa shape index (κ3) is 5.69. The van der Waals surface area contributed by atoms with E-state index in [1.54, 1.807) is 30.3 Å². The Balaban J connectivity index is 1.59. The first-order valence-electron chi connectivity index (χ1n) is 11.3. The fraction of sp³-hybridized carbons (Fsp3) is 0.333. The van der Waals surface area contributed by atoms with Crippen LogP contribution in [-0.4, -0.2) is 36.6 Å².